The number of fused-ring (bicyclic) bond motifs is 1. The van der Waals surface area contributed by atoms with Crippen LogP contribution in [0.3, 0.4) is 0 Å². The van der Waals surface area contributed by atoms with Gasteiger partial charge >= 0.3 is 6.18 Å². The van der Waals surface area contributed by atoms with E-state index in [0.29, 0.717) is 13.0 Å². The van der Waals surface area contributed by atoms with Gasteiger partial charge in [0.2, 0.25) is 0 Å². The summed E-state index contributed by atoms with van der Waals surface area (Å²) in [5.74, 6) is -1.71. The number of alkyl halides is 3. The number of hydrogen-bond donors (Lipinski definition) is 1. The molecule has 1 amide bonds. The maximum absolute atomic E-state index is 12.6. The molecule has 0 radical (unpaired) electrons. The highest BCUT2D eigenvalue weighted by molar-refractivity contribution is 6.52. The number of Topliss-reactive ketones (excluding diaryl/α,β-unsaturated/α-hetero) is 1. The van der Waals surface area contributed by atoms with Crippen LogP contribution in [-0.2, 0) is 11.0 Å². The zero-order valence-corrected chi connectivity index (χ0v) is 9.83. The summed E-state index contributed by atoms with van der Waals surface area (Å²) in [7, 11) is 0. The highest BCUT2D eigenvalue weighted by Crippen LogP contribution is 2.35. The molecule has 1 aliphatic heterocycles. The quantitative estimate of drug-likeness (QED) is 0.850. The lowest BCUT2D eigenvalue weighted by molar-refractivity contribution is -0.137. The second-order valence-electron chi connectivity index (χ2n) is 4.16. The van der Waals surface area contributed by atoms with E-state index in [-0.39, 0.29) is 17.8 Å². The zero-order chi connectivity index (χ0) is 14.2. The SMILES string of the molecule is NCCCN1C(=O)C(=O)c2cc(C(F)(F)F)ccc21. The molecule has 0 aromatic heterocycles. The molecule has 1 heterocycles. The van der Waals surface area contributed by atoms with E-state index in [0.717, 1.165) is 18.2 Å². The summed E-state index contributed by atoms with van der Waals surface area (Å²) in [5, 5.41) is 0. The first-order valence-corrected chi connectivity index (χ1v) is 5.63. The number of rotatable bonds is 3. The molecule has 19 heavy (non-hydrogen) atoms. The van der Waals surface area contributed by atoms with E-state index in [2.05, 4.69) is 0 Å². The van der Waals surface area contributed by atoms with E-state index in [1.807, 2.05) is 0 Å². The number of carbonyl (C=O) groups is 2. The van der Waals surface area contributed by atoms with Crippen LogP contribution in [0.1, 0.15) is 22.3 Å². The van der Waals surface area contributed by atoms with Gasteiger partial charge in [-0.05, 0) is 31.2 Å². The van der Waals surface area contributed by atoms with Crippen LogP contribution in [0.15, 0.2) is 18.2 Å². The Morgan fingerprint density at radius 3 is 2.47 bits per heavy atom. The molecule has 0 fully saturated rings. The number of hydrogen-bond acceptors (Lipinski definition) is 3. The molecule has 1 aromatic rings. The number of nitrogens with two attached hydrogens (primary N) is 1. The van der Waals surface area contributed by atoms with Crippen molar-refractivity contribution < 1.29 is 22.8 Å². The minimum Gasteiger partial charge on any atom is -0.330 e. The first kappa shape index (κ1) is 13.5. The molecule has 0 aliphatic carbocycles. The lowest BCUT2D eigenvalue weighted by Gasteiger charge is -2.16. The molecule has 1 aromatic carbocycles. The molecule has 0 saturated carbocycles. The fourth-order valence-corrected chi connectivity index (χ4v) is 1.95. The highest BCUT2D eigenvalue weighted by atomic mass is 19.4. The second-order valence-corrected chi connectivity index (χ2v) is 4.16. The molecule has 4 nitrogen and oxygen atoms in total. The monoisotopic (exact) mass is 272 g/mol. The van der Waals surface area contributed by atoms with Crippen molar-refractivity contribution in [2.45, 2.75) is 12.6 Å². The Labute approximate surface area is 107 Å². The molecule has 2 rings (SSSR count). The van der Waals surface area contributed by atoms with Gasteiger partial charge in [-0.15, -0.1) is 0 Å². The third-order valence-corrected chi connectivity index (χ3v) is 2.88. The second kappa shape index (κ2) is 4.65. The van der Waals surface area contributed by atoms with Crippen molar-refractivity contribution in [3.63, 3.8) is 0 Å². The van der Waals surface area contributed by atoms with E-state index >= 15 is 0 Å². The van der Waals surface area contributed by atoms with E-state index in [9.17, 15) is 22.8 Å². The maximum Gasteiger partial charge on any atom is 0.416 e. The summed E-state index contributed by atoms with van der Waals surface area (Å²) in [4.78, 5) is 24.5. The molecule has 7 heteroatoms. The van der Waals surface area contributed by atoms with Crippen molar-refractivity contribution in [3.8, 4) is 0 Å². The standard InChI is InChI=1S/C12H11F3N2O2/c13-12(14,15)7-2-3-9-8(6-7)10(18)11(19)17(9)5-1-4-16/h2-3,6H,1,4-5,16H2. The third kappa shape index (κ3) is 2.33. The summed E-state index contributed by atoms with van der Waals surface area (Å²) in [6, 6.07) is 2.73. The molecule has 102 valence electrons. The summed E-state index contributed by atoms with van der Waals surface area (Å²) in [6.45, 7) is 0.549. The summed E-state index contributed by atoms with van der Waals surface area (Å²) < 4.78 is 37.7. The summed E-state index contributed by atoms with van der Waals surface area (Å²) in [6.07, 6.45) is -4.07. The van der Waals surface area contributed by atoms with Crippen molar-refractivity contribution in [2.24, 2.45) is 5.73 Å². The molecule has 0 atom stereocenters. The van der Waals surface area contributed by atoms with Crippen LogP contribution >= 0.6 is 0 Å². The Morgan fingerprint density at radius 2 is 1.89 bits per heavy atom. The lowest BCUT2D eigenvalue weighted by atomic mass is 10.1. The van der Waals surface area contributed by atoms with Crippen molar-refractivity contribution >= 4 is 17.4 Å². The van der Waals surface area contributed by atoms with Gasteiger partial charge in [-0.3, -0.25) is 9.59 Å². The highest BCUT2D eigenvalue weighted by Gasteiger charge is 2.38. The number of amides is 1. The van der Waals surface area contributed by atoms with Crippen molar-refractivity contribution in [3.05, 3.63) is 29.3 Å². The largest absolute Gasteiger partial charge is 0.416 e. The third-order valence-electron chi connectivity index (χ3n) is 2.88. The van der Waals surface area contributed by atoms with Crippen molar-refractivity contribution in [1.29, 1.82) is 0 Å². The number of benzene rings is 1. The Morgan fingerprint density at radius 1 is 1.21 bits per heavy atom. The van der Waals surface area contributed by atoms with E-state index in [1.54, 1.807) is 0 Å². The van der Waals surface area contributed by atoms with Gasteiger partial charge in [-0.25, -0.2) is 0 Å². The Balaban J connectivity index is 2.41. The molecule has 0 saturated heterocycles. The number of halogens is 3. The maximum atomic E-state index is 12.6. The topological polar surface area (TPSA) is 63.4 Å². The minimum absolute atomic E-state index is 0.197. The van der Waals surface area contributed by atoms with Crippen molar-refractivity contribution in [1.82, 2.24) is 0 Å². The molecular weight excluding hydrogens is 261 g/mol. The Hall–Kier alpha value is -1.89. The Bertz CT molecular complexity index is 540. The van der Waals surface area contributed by atoms with Gasteiger partial charge in [0.15, 0.2) is 0 Å². The first-order valence-electron chi connectivity index (χ1n) is 5.63. The number of ketones is 1. The normalized spacial score (nSPS) is 15.1. The van der Waals surface area contributed by atoms with Crippen LogP contribution in [-0.4, -0.2) is 24.8 Å². The van der Waals surface area contributed by atoms with Gasteiger partial charge in [0.1, 0.15) is 0 Å². The molecule has 1 aliphatic rings. The fraction of sp³-hybridized carbons (Fsp3) is 0.333. The van der Waals surface area contributed by atoms with Gasteiger partial charge in [-0.1, -0.05) is 0 Å². The van der Waals surface area contributed by atoms with E-state index in [4.69, 9.17) is 5.73 Å². The smallest absolute Gasteiger partial charge is 0.330 e. The molecule has 0 bridgehead atoms. The number of carbonyl (C=O) groups excluding carboxylic acids is 2. The fourth-order valence-electron chi connectivity index (χ4n) is 1.95. The van der Waals surface area contributed by atoms with Crippen LogP contribution in [0.2, 0.25) is 0 Å². The predicted octanol–water partition coefficient (Wildman–Crippen LogP) is 1.58. The van der Waals surface area contributed by atoms with Crippen molar-refractivity contribution in [2.75, 3.05) is 18.0 Å². The van der Waals surface area contributed by atoms with Gasteiger partial charge in [0.05, 0.1) is 16.8 Å². The molecule has 0 unspecified atom stereocenters. The van der Waals surface area contributed by atoms with Crippen LogP contribution < -0.4 is 10.6 Å². The van der Waals surface area contributed by atoms with Crippen LogP contribution in [0.25, 0.3) is 0 Å². The van der Waals surface area contributed by atoms with Crippen LogP contribution in [0, 0.1) is 0 Å². The van der Waals surface area contributed by atoms with Crippen LogP contribution in [0.4, 0.5) is 18.9 Å². The summed E-state index contributed by atoms with van der Waals surface area (Å²) in [5.41, 5.74) is 4.40. The average Bonchev–Trinajstić information content (AvgIpc) is 2.59. The molecular formula is C12H11F3N2O2. The summed E-state index contributed by atoms with van der Waals surface area (Å²) >= 11 is 0. The number of anilines is 1. The molecule has 0 spiro atoms. The van der Waals surface area contributed by atoms with Gasteiger partial charge in [0, 0.05) is 6.54 Å². The van der Waals surface area contributed by atoms with Crippen LogP contribution in [0.5, 0.6) is 0 Å². The van der Waals surface area contributed by atoms with Gasteiger partial charge < -0.3 is 10.6 Å². The average molecular weight is 272 g/mol. The molecule has 2 N–H and O–H groups in total. The number of nitrogens with zero attached hydrogens (tertiary/aromatic N) is 1. The van der Waals surface area contributed by atoms with E-state index in [1.165, 1.54) is 4.90 Å². The predicted molar refractivity (Wildman–Crippen MR) is 61.8 cm³/mol. The van der Waals surface area contributed by atoms with Gasteiger partial charge in [0.25, 0.3) is 11.7 Å². The van der Waals surface area contributed by atoms with Gasteiger partial charge in [-0.2, -0.15) is 13.2 Å². The minimum atomic E-state index is -4.54. The lowest BCUT2D eigenvalue weighted by Crippen LogP contribution is -2.31. The van der Waals surface area contributed by atoms with E-state index < -0.39 is 23.4 Å². The Kier molecular flexibility index (Phi) is 3.32. The zero-order valence-electron chi connectivity index (χ0n) is 9.83. The first-order chi connectivity index (χ1) is 8.86.